The molecule has 4 rings (SSSR count). The van der Waals surface area contributed by atoms with Crippen LogP contribution in [0.3, 0.4) is 0 Å². The number of hydrogen-bond acceptors (Lipinski definition) is 6. The van der Waals surface area contributed by atoms with Crippen molar-refractivity contribution in [3.8, 4) is 0 Å². The Hall–Kier alpha value is -3.62. The van der Waals surface area contributed by atoms with E-state index in [0.29, 0.717) is 16.8 Å². The van der Waals surface area contributed by atoms with Gasteiger partial charge in [-0.2, -0.15) is 0 Å². The molecule has 2 aromatic heterocycles. The number of ether oxygens (including phenoxy) is 1. The monoisotopic (exact) mass is 477 g/mol. The van der Waals surface area contributed by atoms with E-state index in [4.69, 9.17) is 9.72 Å². The van der Waals surface area contributed by atoms with Crippen molar-refractivity contribution in [2.24, 2.45) is 0 Å². The summed E-state index contributed by atoms with van der Waals surface area (Å²) in [5.41, 5.74) is 2.22. The van der Waals surface area contributed by atoms with Gasteiger partial charge in [0.25, 0.3) is 5.91 Å². The Morgan fingerprint density at radius 1 is 1.03 bits per heavy atom. The summed E-state index contributed by atoms with van der Waals surface area (Å²) in [5, 5.41) is 3.29. The maximum absolute atomic E-state index is 14.1. The zero-order valence-electron chi connectivity index (χ0n) is 18.9. The summed E-state index contributed by atoms with van der Waals surface area (Å²) >= 11 is 1.14. The SMILES string of the molecule is CCN(Cc1ccccc1)Cc1ccc2c(NC(=O)c3ccccc3F)c(C(=O)OC)sc2n1. The minimum atomic E-state index is -0.646. The average Bonchev–Trinajstić information content (AvgIpc) is 3.21. The number of aromatic nitrogens is 1. The van der Waals surface area contributed by atoms with Crippen molar-refractivity contribution in [1.29, 1.82) is 0 Å². The molecule has 0 saturated heterocycles. The van der Waals surface area contributed by atoms with E-state index in [1.165, 1.54) is 30.9 Å². The number of fused-ring (bicyclic) bond motifs is 1. The molecule has 1 amide bonds. The Morgan fingerprint density at radius 3 is 2.47 bits per heavy atom. The maximum atomic E-state index is 14.1. The molecule has 0 atom stereocenters. The van der Waals surface area contributed by atoms with E-state index < -0.39 is 17.7 Å². The Bertz CT molecular complexity index is 1320. The van der Waals surface area contributed by atoms with Gasteiger partial charge in [-0.25, -0.2) is 14.2 Å². The number of pyridine rings is 1. The van der Waals surface area contributed by atoms with Gasteiger partial charge in [0.05, 0.1) is 24.1 Å². The predicted molar refractivity (Wildman–Crippen MR) is 132 cm³/mol. The van der Waals surface area contributed by atoms with Crippen LogP contribution in [0.25, 0.3) is 10.2 Å². The first-order valence-electron chi connectivity index (χ1n) is 10.8. The third-order valence-electron chi connectivity index (χ3n) is 5.42. The highest BCUT2D eigenvalue weighted by molar-refractivity contribution is 7.21. The van der Waals surface area contributed by atoms with E-state index in [0.717, 1.165) is 30.1 Å². The number of nitrogens with one attached hydrogen (secondary N) is 1. The Kier molecular flexibility index (Phi) is 7.30. The number of anilines is 1. The van der Waals surface area contributed by atoms with Crippen LogP contribution in [0.5, 0.6) is 0 Å². The van der Waals surface area contributed by atoms with Crippen LogP contribution in [-0.4, -0.2) is 35.4 Å². The van der Waals surface area contributed by atoms with Crippen molar-refractivity contribution in [1.82, 2.24) is 9.88 Å². The molecular formula is C26H24FN3O3S. The van der Waals surface area contributed by atoms with E-state index in [9.17, 15) is 14.0 Å². The number of thiophene rings is 1. The average molecular weight is 478 g/mol. The van der Waals surface area contributed by atoms with Gasteiger partial charge >= 0.3 is 5.97 Å². The van der Waals surface area contributed by atoms with Crippen LogP contribution in [0.15, 0.2) is 66.7 Å². The van der Waals surface area contributed by atoms with E-state index in [-0.39, 0.29) is 16.1 Å². The minimum Gasteiger partial charge on any atom is -0.465 e. The first-order chi connectivity index (χ1) is 16.5. The summed E-state index contributed by atoms with van der Waals surface area (Å²) < 4.78 is 19.0. The van der Waals surface area contributed by atoms with Gasteiger partial charge in [-0.15, -0.1) is 11.3 Å². The standard InChI is InChI=1S/C26H24FN3O3S/c1-3-30(15-17-9-5-4-6-10-17)16-18-13-14-20-22(23(26(32)33-2)34-25(20)28-18)29-24(31)19-11-7-8-12-21(19)27/h4-14H,3,15-16H2,1-2H3,(H,29,31). The summed E-state index contributed by atoms with van der Waals surface area (Å²) in [6.45, 7) is 4.36. The van der Waals surface area contributed by atoms with Gasteiger partial charge in [-0.3, -0.25) is 9.69 Å². The van der Waals surface area contributed by atoms with Crippen molar-refractivity contribution in [2.75, 3.05) is 19.0 Å². The number of methoxy groups -OCH3 is 1. The van der Waals surface area contributed by atoms with Gasteiger partial charge in [-0.1, -0.05) is 49.4 Å². The lowest BCUT2D eigenvalue weighted by atomic mass is 10.1. The smallest absolute Gasteiger partial charge is 0.350 e. The predicted octanol–water partition coefficient (Wildman–Crippen LogP) is 5.50. The van der Waals surface area contributed by atoms with E-state index in [1.54, 1.807) is 6.07 Å². The summed E-state index contributed by atoms with van der Waals surface area (Å²) in [5.74, 6) is -1.88. The summed E-state index contributed by atoms with van der Waals surface area (Å²) in [4.78, 5) is 33.0. The molecule has 0 aliphatic heterocycles. The van der Waals surface area contributed by atoms with Crippen LogP contribution in [0.4, 0.5) is 10.1 Å². The molecule has 0 bridgehead atoms. The topological polar surface area (TPSA) is 71.5 Å². The van der Waals surface area contributed by atoms with Crippen molar-refractivity contribution < 1.29 is 18.7 Å². The summed E-state index contributed by atoms with van der Waals surface area (Å²) in [6, 6.07) is 19.6. The molecule has 1 N–H and O–H groups in total. The summed E-state index contributed by atoms with van der Waals surface area (Å²) in [7, 11) is 1.27. The largest absolute Gasteiger partial charge is 0.465 e. The third kappa shape index (κ3) is 5.13. The van der Waals surface area contributed by atoms with Crippen LogP contribution in [0.1, 0.15) is 38.2 Å². The van der Waals surface area contributed by atoms with Gasteiger partial charge in [-0.05, 0) is 36.4 Å². The highest BCUT2D eigenvalue weighted by Gasteiger charge is 2.23. The van der Waals surface area contributed by atoms with E-state index in [2.05, 4.69) is 29.3 Å². The minimum absolute atomic E-state index is 0.109. The molecule has 0 radical (unpaired) electrons. The molecule has 174 valence electrons. The fraction of sp³-hybridized carbons (Fsp3) is 0.192. The van der Waals surface area contributed by atoms with Crippen LogP contribution >= 0.6 is 11.3 Å². The second-order valence-electron chi connectivity index (χ2n) is 7.68. The van der Waals surface area contributed by atoms with Gasteiger partial charge in [0.15, 0.2) is 0 Å². The number of benzene rings is 2. The number of halogens is 1. The number of carbonyl (C=O) groups is 2. The molecule has 2 aromatic carbocycles. The van der Waals surface area contributed by atoms with Crippen molar-refractivity contribution >= 4 is 39.1 Å². The van der Waals surface area contributed by atoms with Crippen molar-refractivity contribution in [2.45, 2.75) is 20.0 Å². The Labute approximate surface area is 201 Å². The zero-order valence-corrected chi connectivity index (χ0v) is 19.7. The zero-order chi connectivity index (χ0) is 24.1. The first-order valence-corrected chi connectivity index (χ1v) is 11.6. The lowest BCUT2D eigenvalue weighted by Gasteiger charge is -2.20. The number of hydrogen-bond donors (Lipinski definition) is 1. The number of rotatable bonds is 8. The lowest BCUT2D eigenvalue weighted by molar-refractivity contribution is 0.0607. The van der Waals surface area contributed by atoms with Gasteiger partial charge in [0.2, 0.25) is 0 Å². The van der Waals surface area contributed by atoms with Gasteiger partial charge < -0.3 is 10.1 Å². The number of esters is 1. The molecule has 4 aromatic rings. The van der Waals surface area contributed by atoms with Crippen LogP contribution in [-0.2, 0) is 17.8 Å². The third-order valence-corrected chi connectivity index (χ3v) is 6.50. The number of carbonyl (C=O) groups excluding carboxylic acids is 2. The van der Waals surface area contributed by atoms with Crippen LogP contribution < -0.4 is 5.32 Å². The van der Waals surface area contributed by atoms with E-state index >= 15 is 0 Å². The Balaban J connectivity index is 1.63. The Morgan fingerprint density at radius 2 is 1.76 bits per heavy atom. The van der Waals surface area contributed by atoms with Crippen LogP contribution in [0, 0.1) is 5.82 Å². The fourth-order valence-corrected chi connectivity index (χ4v) is 4.71. The quantitative estimate of drug-likeness (QED) is 0.340. The normalized spacial score (nSPS) is 11.1. The van der Waals surface area contributed by atoms with Gasteiger partial charge in [0, 0.05) is 18.5 Å². The fourth-order valence-electron chi connectivity index (χ4n) is 3.64. The molecule has 0 spiro atoms. The molecule has 0 fully saturated rings. The molecule has 34 heavy (non-hydrogen) atoms. The number of amides is 1. The highest BCUT2D eigenvalue weighted by Crippen LogP contribution is 2.36. The molecule has 0 aliphatic carbocycles. The number of nitrogens with zero attached hydrogens (tertiary/aromatic N) is 2. The maximum Gasteiger partial charge on any atom is 0.350 e. The molecule has 8 heteroatoms. The molecule has 2 heterocycles. The second-order valence-corrected chi connectivity index (χ2v) is 8.67. The van der Waals surface area contributed by atoms with Crippen LogP contribution in [0.2, 0.25) is 0 Å². The second kappa shape index (κ2) is 10.5. The highest BCUT2D eigenvalue weighted by atomic mass is 32.1. The van der Waals surface area contributed by atoms with Crippen molar-refractivity contribution in [3.05, 3.63) is 94.2 Å². The molecule has 0 unspecified atom stereocenters. The molecule has 6 nitrogen and oxygen atoms in total. The molecule has 0 aliphatic rings. The van der Waals surface area contributed by atoms with E-state index in [1.807, 2.05) is 30.3 Å². The first kappa shape index (κ1) is 23.5. The summed E-state index contributed by atoms with van der Waals surface area (Å²) in [6.07, 6.45) is 0. The van der Waals surface area contributed by atoms with Crippen molar-refractivity contribution in [3.63, 3.8) is 0 Å². The van der Waals surface area contributed by atoms with Gasteiger partial charge in [0.1, 0.15) is 15.5 Å². The molecule has 0 saturated carbocycles. The lowest BCUT2D eigenvalue weighted by Crippen LogP contribution is -2.22. The molecular weight excluding hydrogens is 453 g/mol.